The zero-order valence-corrected chi connectivity index (χ0v) is 11.9. The lowest BCUT2D eigenvalue weighted by Gasteiger charge is -2.11. The molecule has 20 heavy (non-hydrogen) atoms. The van der Waals surface area contributed by atoms with Crippen molar-refractivity contribution in [1.82, 2.24) is 4.98 Å². The van der Waals surface area contributed by atoms with Gasteiger partial charge in [-0.3, -0.25) is 4.98 Å². The minimum atomic E-state index is 0.549. The van der Waals surface area contributed by atoms with Crippen LogP contribution < -0.4 is 4.74 Å². The molecule has 0 aliphatic heterocycles. The minimum Gasteiger partial charge on any atom is -0.489 e. The van der Waals surface area contributed by atoms with Crippen LogP contribution in [-0.2, 0) is 6.61 Å². The van der Waals surface area contributed by atoms with Crippen LogP contribution in [0.25, 0.3) is 10.9 Å². The van der Waals surface area contributed by atoms with Gasteiger partial charge in [-0.1, -0.05) is 41.9 Å². The summed E-state index contributed by atoms with van der Waals surface area (Å²) in [6.07, 6.45) is 1.71. The molecule has 0 aliphatic rings. The molecule has 3 aromatic rings. The fourth-order valence-electron chi connectivity index (χ4n) is 2.14. The van der Waals surface area contributed by atoms with Gasteiger partial charge in [0.1, 0.15) is 12.4 Å². The van der Waals surface area contributed by atoms with E-state index in [-0.39, 0.29) is 0 Å². The van der Waals surface area contributed by atoms with Crippen molar-refractivity contribution >= 4 is 22.5 Å². The maximum Gasteiger partial charge on any atom is 0.124 e. The first-order valence-electron chi connectivity index (χ1n) is 6.45. The summed E-state index contributed by atoms with van der Waals surface area (Å²) in [5, 5.41) is 1.67. The maximum atomic E-state index is 6.17. The van der Waals surface area contributed by atoms with Crippen molar-refractivity contribution in [2.24, 2.45) is 0 Å². The van der Waals surface area contributed by atoms with Crippen molar-refractivity contribution in [3.05, 3.63) is 70.9 Å². The summed E-state index contributed by atoms with van der Waals surface area (Å²) >= 11 is 6.17. The van der Waals surface area contributed by atoms with Gasteiger partial charge in [0.05, 0.1) is 10.5 Å². The Morgan fingerprint density at radius 1 is 1.10 bits per heavy atom. The van der Waals surface area contributed by atoms with Crippen LogP contribution in [-0.4, -0.2) is 4.98 Å². The molecule has 0 radical (unpaired) electrons. The number of ether oxygens (including phenoxy) is 1. The van der Waals surface area contributed by atoms with Crippen LogP contribution in [0.4, 0.5) is 0 Å². The third kappa shape index (κ3) is 2.61. The number of aromatic nitrogens is 1. The Hall–Kier alpha value is -2.06. The standard InChI is InChI=1S/C17H14ClNO/c1-12-9-14-15(18)7-8-19-16(14)10-17(12)20-11-13-5-3-2-4-6-13/h2-10H,11H2,1H3. The molecule has 0 saturated heterocycles. The zero-order valence-electron chi connectivity index (χ0n) is 11.1. The van der Waals surface area contributed by atoms with E-state index in [9.17, 15) is 0 Å². The van der Waals surface area contributed by atoms with Gasteiger partial charge in [0.2, 0.25) is 0 Å². The Labute approximate surface area is 123 Å². The van der Waals surface area contributed by atoms with Gasteiger partial charge in [0.15, 0.2) is 0 Å². The monoisotopic (exact) mass is 283 g/mol. The molecular formula is C17H14ClNO. The summed E-state index contributed by atoms with van der Waals surface area (Å²) < 4.78 is 5.89. The van der Waals surface area contributed by atoms with Crippen LogP contribution in [0.2, 0.25) is 5.02 Å². The van der Waals surface area contributed by atoms with Crippen LogP contribution in [0.1, 0.15) is 11.1 Å². The molecule has 3 rings (SSSR count). The molecule has 1 aromatic heterocycles. The predicted molar refractivity (Wildman–Crippen MR) is 82.3 cm³/mol. The molecule has 0 bridgehead atoms. The average Bonchev–Trinajstić information content (AvgIpc) is 2.47. The minimum absolute atomic E-state index is 0.549. The lowest BCUT2D eigenvalue weighted by Crippen LogP contribution is -1.97. The Kier molecular flexibility index (Phi) is 3.57. The van der Waals surface area contributed by atoms with Gasteiger partial charge >= 0.3 is 0 Å². The number of pyridine rings is 1. The normalized spacial score (nSPS) is 10.7. The smallest absolute Gasteiger partial charge is 0.124 e. The van der Waals surface area contributed by atoms with Crippen molar-refractivity contribution in [2.45, 2.75) is 13.5 Å². The highest BCUT2D eigenvalue weighted by atomic mass is 35.5. The first-order valence-corrected chi connectivity index (χ1v) is 6.83. The Morgan fingerprint density at radius 3 is 2.70 bits per heavy atom. The third-order valence-corrected chi connectivity index (χ3v) is 3.55. The van der Waals surface area contributed by atoms with E-state index in [1.165, 1.54) is 0 Å². The van der Waals surface area contributed by atoms with Gasteiger partial charge in [-0.25, -0.2) is 0 Å². The maximum absolute atomic E-state index is 6.17. The highest BCUT2D eigenvalue weighted by molar-refractivity contribution is 6.35. The highest BCUT2D eigenvalue weighted by Gasteiger charge is 2.06. The summed E-state index contributed by atoms with van der Waals surface area (Å²) in [6.45, 7) is 2.57. The molecule has 0 N–H and O–H groups in total. The number of hydrogen-bond acceptors (Lipinski definition) is 2. The van der Waals surface area contributed by atoms with E-state index in [0.29, 0.717) is 11.6 Å². The van der Waals surface area contributed by atoms with Gasteiger partial charge < -0.3 is 4.74 Å². The fraction of sp³-hybridized carbons (Fsp3) is 0.118. The van der Waals surface area contributed by atoms with E-state index in [1.807, 2.05) is 49.4 Å². The summed E-state index contributed by atoms with van der Waals surface area (Å²) in [5.41, 5.74) is 3.06. The molecule has 0 unspecified atom stereocenters. The highest BCUT2D eigenvalue weighted by Crippen LogP contribution is 2.29. The first kappa shape index (κ1) is 12.9. The van der Waals surface area contributed by atoms with Crippen molar-refractivity contribution in [2.75, 3.05) is 0 Å². The van der Waals surface area contributed by atoms with Gasteiger partial charge in [-0.2, -0.15) is 0 Å². The molecule has 1 heterocycles. The van der Waals surface area contributed by atoms with Crippen LogP contribution in [0.15, 0.2) is 54.7 Å². The molecule has 0 amide bonds. The number of rotatable bonds is 3. The first-order chi connectivity index (χ1) is 9.74. The summed E-state index contributed by atoms with van der Waals surface area (Å²) in [7, 11) is 0. The van der Waals surface area contributed by atoms with E-state index in [0.717, 1.165) is 27.8 Å². The summed E-state index contributed by atoms with van der Waals surface area (Å²) in [6, 6.07) is 15.9. The number of fused-ring (bicyclic) bond motifs is 1. The third-order valence-electron chi connectivity index (χ3n) is 3.22. The number of nitrogens with zero attached hydrogens (tertiary/aromatic N) is 1. The van der Waals surface area contributed by atoms with E-state index in [1.54, 1.807) is 12.3 Å². The molecule has 2 nitrogen and oxygen atoms in total. The SMILES string of the molecule is Cc1cc2c(Cl)ccnc2cc1OCc1ccccc1. The van der Waals surface area contributed by atoms with Crippen molar-refractivity contribution in [1.29, 1.82) is 0 Å². The second-order valence-corrected chi connectivity index (χ2v) is 5.11. The van der Waals surface area contributed by atoms with Crippen LogP contribution in [0, 0.1) is 6.92 Å². The Morgan fingerprint density at radius 2 is 1.90 bits per heavy atom. The number of halogens is 1. The number of aryl methyl sites for hydroxylation is 1. The van der Waals surface area contributed by atoms with Crippen molar-refractivity contribution in [3.63, 3.8) is 0 Å². The van der Waals surface area contributed by atoms with E-state index in [4.69, 9.17) is 16.3 Å². The number of hydrogen-bond donors (Lipinski definition) is 0. The van der Waals surface area contributed by atoms with Crippen molar-refractivity contribution < 1.29 is 4.74 Å². The summed E-state index contributed by atoms with van der Waals surface area (Å²) in [4.78, 5) is 4.33. The van der Waals surface area contributed by atoms with Crippen molar-refractivity contribution in [3.8, 4) is 5.75 Å². The molecular weight excluding hydrogens is 270 g/mol. The largest absolute Gasteiger partial charge is 0.489 e. The molecule has 0 fully saturated rings. The molecule has 0 spiro atoms. The van der Waals surface area contributed by atoms with Crippen LogP contribution >= 0.6 is 11.6 Å². The van der Waals surface area contributed by atoms with E-state index < -0.39 is 0 Å². The molecule has 100 valence electrons. The fourth-order valence-corrected chi connectivity index (χ4v) is 2.35. The van der Waals surface area contributed by atoms with Gasteiger partial charge in [0, 0.05) is 17.6 Å². The summed E-state index contributed by atoms with van der Waals surface area (Å²) in [5.74, 6) is 0.844. The Bertz CT molecular complexity index is 741. The zero-order chi connectivity index (χ0) is 13.9. The number of benzene rings is 2. The molecule has 0 saturated carbocycles. The average molecular weight is 284 g/mol. The van der Waals surface area contributed by atoms with E-state index in [2.05, 4.69) is 4.98 Å². The van der Waals surface area contributed by atoms with Gasteiger partial charge in [0.25, 0.3) is 0 Å². The van der Waals surface area contributed by atoms with E-state index >= 15 is 0 Å². The van der Waals surface area contributed by atoms with Gasteiger partial charge in [-0.15, -0.1) is 0 Å². The predicted octanol–water partition coefficient (Wildman–Crippen LogP) is 4.78. The molecule has 2 aromatic carbocycles. The topological polar surface area (TPSA) is 22.1 Å². The van der Waals surface area contributed by atoms with Gasteiger partial charge in [-0.05, 0) is 30.2 Å². The Balaban J connectivity index is 1.90. The lowest BCUT2D eigenvalue weighted by molar-refractivity contribution is 0.304. The second kappa shape index (κ2) is 5.51. The molecule has 0 aliphatic carbocycles. The quantitative estimate of drug-likeness (QED) is 0.690. The second-order valence-electron chi connectivity index (χ2n) is 4.70. The molecule has 0 atom stereocenters. The lowest BCUT2D eigenvalue weighted by atomic mass is 10.1. The van der Waals surface area contributed by atoms with Crippen LogP contribution in [0.5, 0.6) is 5.75 Å². The molecule has 3 heteroatoms. The van der Waals surface area contributed by atoms with Crippen LogP contribution in [0.3, 0.4) is 0 Å².